The van der Waals surface area contributed by atoms with Gasteiger partial charge in [-0.05, 0) is 47.4 Å². The van der Waals surface area contributed by atoms with E-state index in [0.717, 1.165) is 61.5 Å². The van der Waals surface area contributed by atoms with Gasteiger partial charge in [0, 0.05) is 53.8 Å². The Bertz CT molecular complexity index is 1060. The molecule has 0 saturated carbocycles. The molecule has 0 spiro atoms. The monoisotopic (exact) mass is 544 g/mol. The van der Waals surface area contributed by atoms with Crippen molar-refractivity contribution in [1.82, 2.24) is 9.21 Å². The molecule has 7 heteroatoms. The largest absolute Gasteiger partial charge is 0.507 e. The average Bonchev–Trinajstić information content (AvgIpc) is 2.84. The number of rotatable bonds is 9. The van der Waals surface area contributed by atoms with Crippen LogP contribution in [0, 0.1) is 0 Å². The molecule has 0 amide bonds. The van der Waals surface area contributed by atoms with E-state index >= 15 is 0 Å². The van der Waals surface area contributed by atoms with Crippen LogP contribution >= 0.6 is 11.9 Å². The van der Waals surface area contributed by atoms with Crippen LogP contribution in [-0.2, 0) is 17.4 Å². The number of methoxy groups -OCH3 is 3. The third kappa shape index (κ3) is 6.91. The number of phenolic OH excluding ortho intramolecular Hbond substituents is 1. The second-order valence-corrected chi connectivity index (χ2v) is 13.4. The molecule has 2 aromatic carbocycles. The lowest BCUT2D eigenvalue weighted by Gasteiger charge is -2.41. The third-order valence-electron chi connectivity index (χ3n) is 7.28. The van der Waals surface area contributed by atoms with Gasteiger partial charge >= 0.3 is 0 Å². The smallest absolute Gasteiger partial charge is 0.203 e. The zero-order valence-electron chi connectivity index (χ0n) is 25.1. The van der Waals surface area contributed by atoms with Crippen molar-refractivity contribution in [1.29, 1.82) is 0 Å². The van der Waals surface area contributed by atoms with Crippen molar-refractivity contribution >= 4 is 11.9 Å². The molecule has 1 saturated heterocycles. The van der Waals surface area contributed by atoms with Gasteiger partial charge in [0.15, 0.2) is 11.5 Å². The lowest BCUT2D eigenvalue weighted by Crippen LogP contribution is -2.50. The average molecular weight is 545 g/mol. The number of nitrogens with zero attached hydrogens (tertiary/aromatic N) is 2. The van der Waals surface area contributed by atoms with Gasteiger partial charge in [0.1, 0.15) is 5.75 Å². The number of phenols is 1. The molecule has 0 aliphatic carbocycles. The van der Waals surface area contributed by atoms with Crippen molar-refractivity contribution in [2.45, 2.75) is 89.6 Å². The quantitative estimate of drug-likeness (QED) is 0.341. The van der Waals surface area contributed by atoms with E-state index in [2.05, 4.69) is 75.9 Å². The fourth-order valence-electron chi connectivity index (χ4n) is 5.22. The first-order chi connectivity index (χ1) is 17.8. The Morgan fingerprint density at radius 1 is 0.895 bits per heavy atom. The number of hydrogen-bond acceptors (Lipinski definition) is 7. The lowest BCUT2D eigenvalue weighted by molar-refractivity contribution is 0.108. The zero-order valence-corrected chi connectivity index (χ0v) is 25.9. The molecular weight excluding hydrogens is 496 g/mol. The van der Waals surface area contributed by atoms with Crippen LogP contribution in [0.5, 0.6) is 23.0 Å². The second kappa shape index (κ2) is 12.4. The summed E-state index contributed by atoms with van der Waals surface area (Å²) < 4.78 is 19.4. The van der Waals surface area contributed by atoms with E-state index in [1.807, 2.05) is 18.0 Å². The van der Waals surface area contributed by atoms with Gasteiger partial charge in [0.25, 0.3) is 0 Å². The van der Waals surface area contributed by atoms with E-state index in [1.165, 1.54) is 4.90 Å². The van der Waals surface area contributed by atoms with Gasteiger partial charge in [0.2, 0.25) is 5.75 Å². The number of aromatic hydroxyl groups is 1. The summed E-state index contributed by atoms with van der Waals surface area (Å²) in [6.07, 6.45) is 2.26. The highest BCUT2D eigenvalue weighted by Crippen LogP contribution is 2.43. The van der Waals surface area contributed by atoms with Crippen LogP contribution < -0.4 is 14.2 Å². The summed E-state index contributed by atoms with van der Waals surface area (Å²) >= 11 is 1.82. The molecule has 212 valence electrons. The molecule has 1 N–H and O–H groups in total. The summed E-state index contributed by atoms with van der Waals surface area (Å²) in [5.41, 5.74) is 2.86. The van der Waals surface area contributed by atoms with E-state index in [0.29, 0.717) is 23.3 Å². The van der Waals surface area contributed by atoms with Crippen LogP contribution in [0.15, 0.2) is 29.2 Å². The van der Waals surface area contributed by atoms with Gasteiger partial charge < -0.3 is 19.3 Å². The second-order valence-electron chi connectivity index (χ2n) is 12.3. The Hall–Kier alpha value is -2.09. The molecule has 0 bridgehead atoms. The van der Waals surface area contributed by atoms with Gasteiger partial charge in [-0.3, -0.25) is 4.90 Å². The Morgan fingerprint density at radius 2 is 1.50 bits per heavy atom. The molecule has 1 aliphatic heterocycles. The predicted octanol–water partition coefficient (Wildman–Crippen LogP) is 7.01. The van der Waals surface area contributed by atoms with Crippen molar-refractivity contribution in [3.05, 3.63) is 41.0 Å². The fourth-order valence-corrected chi connectivity index (χ4v) is 6.28. The van der Waals surface area contributed by atoms with Crippen molar-refractivity contribution in [3.63, 3.8) is 0 Å². The number of piperazine rings is 1. The van der Waals surface area contributed by atoms with Crippen LogP contribution in [0.1, 0.15) is 78.0 Å². The van der Waals surface area contributed by atoms with Gasteiger partial charge in [-0.15, -0.1) is 0 Å². The highest BCUT2D eigenvalue weighted by Gasteiger charge is 2.31. The van der Waals surface area contributed by atoms with Gasteiger partial charge in [-0.25, -0.2) is 4.31 Å². The topological polar surface area (TPSA) is 54.4 Å². The van der Waals surface area contributed by atoms with Gasteiger partial charge in [-0.2, -0.15) is 0 Å². The van der Waals surface area contributed by atoms with E-state index in [-0.39, 0.29) is 10.8 Å². The molecule has 1 fully saturated rings. The van der Waals surface area contributed by atoms with E-state index in [4.69, 9.17) is 14.2 Å². The van der Waals surface area contributed by atoms with Crippen LogP contribution in [0.25, 0.3) is 0 Å². The SMILES string of the molecule is CCCC1CN(Sc2cc(C(C)(C)C)c(O)c(C(C)(C)C)c2)CCN1Cc1ccc(OC)c(OC)c1OC. The minimum absolute atomic E-state index is 0.136. The van der Waals surface area contributed by atoms with Gasteiger partial charge in [-0.1, -0.05) is 61.0 Å². The first kappa shape index (κ1) is 30.5. The summed E-state index contributed by atoms with van der Waals surface area (Å²) in [6.45, 7) is 19.0. The molecule has 1 atom stereocenters. The molecule has 6 nitrogen and oxygen atoms in total. The third-order valence-corrected chi connectivity index (χ3v) is 8.32. The first-order valence-electron chi connectivity index (χ1n) is 13.7. The molecule has 3 rings (SSSR count). The molecule has 38 heavy (non-hydrogen) atoms. The van der Waals surface area contributed by atoms with E-state index in [1.54, 1.807) is 21.3 Å². The Kier molecular flexibility index (Phi) is 9.93. The van der Waals surface area contributed by atoms with E-state index < -0.39 is 0 Å². The lowest BCUT2D eigenvalue weighted by atomic mass is 9.79. The highest BCUT2D eigenvalue weighted by atomic mass is 32.2. The summed E-state index contributed by atoms with van der Waals surface area (Å²) in [5, 5.41) is 11.1. The number of hydrogen-bond donors (Lipinski definition) is 1. The van der Waals surface area contributed by atoms with Crippen LogP contribution in [0.3, 0.4) is 0 Å². The Morgan fingerprint density at radius 3 is 2.00 bits per heavy atom. The summed E-state index contributed by atoms with van der Waals surface area (Å²) in [5.74, 6) is 2.50. The maximum absolute atomic E-state index is 11.1. The van der Waals surface area contributed by atoms with Crippen LogP contribution in [0.4, 0.5) is 0 Å². The fraction of sp³-hybridized carbons (Fsp3) is 0.613. The molecule has 1 heterocycles. The zero-order chi connectivity index (χ0) is 28.3. The molecular formula is C31H48N2O4S. The van der Waals surface area contributed by atoms with Gasteiger partial charge in [0.05, 0.1) is 21.3 Å². The van der Waals surface area contributed by atoms with Crippen LogP contribution in [-0.4, -0.2) is 61.3 Å². The predicted molar refractivity (Wildman–Crippen MR) is 158 cm³/mol. The van der Waals surface area contributed by atoms with Crippen LogP contribution in [0.2, 0.25) is 0 Å². The summed E-state index contributed by atoms with van der Waals surface area (Å²) in [7, 11) is 4.99. The summed E-state index contributed by atoms with van der Waals surface area (Å²) in [4.78, 5) is 3.77. The maximum atomic E-state index is 11.1. The highest BCUT2D eigenvalue weighted by molar-refractivity contribution is 7.97. The molecule has 2 aromatic rings. The van der Waals surface area contributed by atoms with Crippen molar-refractivity contribution in [3.8, 4) is 23.0 Å². The standard InChI is InChI=1S/C31H48N2O4S/c1-11-12-22-20-33(38-23-17-24(30(2,3)4)27(34)25(18-23)31(5,6)7)16-15-32(22)19-21-13-14-26(35-8)29(37-10)28(21)36-9/h13-14,17-18,22,34H,11-12,15-16,19-20H2,1-10H3. The molecule has 1 unspecified atom stereocenters. The maximum Gasteiger partial charge on any atom is 0.203 e. The minimum Gasteiger partial charge on any atom is -0.507 e. The van der Waals surface area contributed by atoms with Crippen molar-refractivity contribution in [2.24, 2.45) is 0 Å². The number of ether oxygens (including phenoxy) is 3. The Balaban J connectivity index is 1.84. The minimum atomic E-state index is -0.136. The normalized spacial score (nSPS) is 17.5. The first-order valence-corrected chi connectivity index (χ1v) is 14.4. The van der Waals surface area contributed by atoms with Crippen molar-refractivity contribution in [2.75, 3.05) is 41.0 Å². The molecule has 1 aliphatic rings. The Labute approximate surface area is 234 Å². The molecule has 0 radical (unpaired) electrons. The summed E-state index contributed by atoms with van der Waals surface area (Å²) in [6, 6.07) is 8.85. The van der Waals surface area contributed by atoms with E-state index in [9.17, 15) is 5.11 Å². The van der Waals surface area contributed by atoms with Crippen molar-refractivity contribution < 1.29 is 19.3 Å². The molecule has 0 aromatic heterocycles. The number of benzene rings is 2.